The molecule has 0 saturated heterocycles. The number of nitrogens with one attached hydrogen (secondary N) is 2. The van der Waals surface area contributed by atoms with E-state index in [1.807, 2.05) is 13.8 Å². The molecule has 0 radical (unpaired) electrons. The molecule has 25 heavy (non-hydrogen) atoms. The highest BCUT2D eigenvalue weighted by atomic mass is 32.2. The zero-order valence-electron chi connectivity index (χ0n) is 14.1. The van der Waals surface area contributed by atoms with Crippen molar-refractivity contribution < 1.29 is 13.9 Å². The molecule has 0 bridgehead atoms. The number of hydrogen-bond acceptors (Lipinski definition) is 7. The molecule has 1 aromatic carbocycles. The number of amides is 1. The van der Waals surface area contributed by atoms with Gasteiger partial charge in [0.1, 0.15) is 5.82 Å². The van der Waals surface area contributed by atoms with E-state index in [4.69, 9.17) is 4.74 Å². The van der Waals surface area contributed by atoms with Crippen molar-refractivity contribution in [2.45, 2.75) is 30.7 Å². The van der Waals surface area contributed by atoms with E-state index in [2.05, 4.69) is 20.8 Å². The Morgan fingerprint density at radius 3 is 3.00 bits per heavy atom. The minimum Gasteiger partial charge on any atom is -0.379 e. The second-order valence-electron chi connectivity index (χ2n) is 5.42. The van der Waals surface area contributed by atoms with E-state index < -0.39 is 0 Å². The summed E-state index contributed by atoms with van der Waals surface area (Å²) in [7, 11) is 0. The fourth-order valence-corrected chi connectivity index (χ4v) is 3.41. The number of aromatic nitrogens is 2. The Morgan fingerprint density at radius 1 is 1.40 bits per heavy atom. The average molecular weight is 385 g/mol. The standard InChI is InChI=1S/C16H21FN4O2S2/c1-11(2)23-8-4-7-18-14(22)10-24-16-21-20-15(25-16)19-13-6-3-5-12(17)9-13/h3,5-6,9,11H,4,7-8,10H2,1-2H3,(H,18,22)(H,19,20). The minimum absolute atomic E-state index is 0.0515. The largest absolute Gasteiger partial charge is 0.379 e. The van der Waals surface area contributed by atoms with Gasteiger partial charge in [0.2, 0.25) is 11.0 Å². The van der Waals surface area contributed by atoms with Crippen LogP contribution in [0.1, 0.15) is 20.3 Å². The molecule has 0 atom stereocenters. The van der Waals surface area contributed by atoms with Crippen LogP contribution in [0.2, 0.25) is 0 Å². The molecule has 2 N–H and O–H groups in total. The topological polar surface area (TPSA) is 76.1 Å². The maximum Gasteiger partial charge on any atom is 0.230 e. The molecule has 0 spiro atoms. The van der Waals surface area contributed by atoms with Crippen molar-refractivity contribution in [3.05, 3.63) is 30.1 Å². The van der Waals surface area contributed by atoms with Gasteiger partial charge in [-0.25, -0.2) is 4.39 Å². The van der Waals surface area contributed by atoms with Gasteiger partial charge in [0.25, 0.3) is 0 Å². The van der Waals surface area contributed by atoms with Gasteiger partial charge in [-0.2, -0.15) is 0 Å². The van der Waals surface area contributed by atoms with Gasteiger partial charge in [0, 0.05) is 18.8 Å². The van der Waals surface area contributed by atoms with Crippen LogP contribution in [-0.4, -0.2) is 41.1 Å². The quantitative estimate of drug-likeness (QED) is 0.483. The molecule has 136 valence electrons. The lowest BCUT2D eigenvalue weighted by Crippen LogP contribution is -2.27. The molecule has 2 aromatic rings. The molecule has 0 aliphatic heterocycles. The number of nitrogens with zero attached hydrogens (tertiary/aromatic N) is 2. The van der Waals surface area contributed by atoms with Gasteiger partial charge in [-0.15, -0.1) is 10.2 Å². The number of carbonyl (C=O) groups excluding carboxylic acids is 1. The fraction of sp³-hybridized carbons (Fsp3) is 0.438. The van der Waals surface area contributed by atoms with Crippen molar-refractivity contribution >= 4 is 39.8 Å². The monoisotopic (exact) mass is 384 g/mol. The molecule has 9 heteroatoms. The average Bonchev–Trinajstić information content (AvgIpc) is 3.00. The highest BCUT2D eigenvalue weighted by molar-refractivity contribution is 8.01. The summed E-state index contributed by atoms with van der Waals surface area (Å²) in [4.78, 5) is 11.8. The van der Waals surface area contributed by atoms with Gasteiger partial charge >= 0.3 is 0 Å². The molecule has 0 aliphatic carbocycles. The van der Waals surface area contributed by atoms with Crippen molar-refractivity contribution in [2.75, 3.05) is 24.2 Å². The molecular weight excluding hydrogens is 363 g/mol. The van der Waals surface area contributed by atoms with Gasteiger partial charge in [0.15, 0.2) is 4.34 Å². The number of ether oxygens (including phenoxy) is 1. The SMILES string of the molecule is CC(C)OCCCNC(=O)CSc1nnc(Nc2cccc(F)c2)s1. The van der Waals surface area contributed by atoms with E-state index in [0.29, 0.717) is 28.3 Å². The molecule has 1 aromatic heterocycles. The third kappa shape index (κ3) is 7.80. The van der Waals surface area contributed by atoms with E-state index in [1.165, 1.54) is 35.2 Å². The van der Waals surface area contributed by atoms with Crippen molar-refractivity contribution in [1.29, 1.82) is 0 Å². The number of rotatable bonds is 10. The van der Waals surface area contributed by atoms with Gasteiger partial charge in [-0.05, 0) is 38.5 Å². The highest BCUT2D eigenvalue weighted by Crippen LogP contribution is 2.27. The van der Waals surface area contributed by atoms with Crippen molar-refractivity contribution in [1.82, 2.24) is 15.5 Å². The number of thioether (sulfide) groups is 1. The summed E-state index contributed by atoms with van der Waals surface area (Å²) in [5, 5.41) is 14.4. The van der Waals surface area contributed by atoms with Gasteiger partial charge < -0.3 is 15.4 Å². The molecule has 0 saturated carbocycles. The Balaban J connectivity index is 1.68. The lowest BCUT2D eigenvalue weighted by molar-refractivity contribution is -0.118. The molecule has 0 fully saturated rings. The summed E-state index contributed by atoms with van der Waals surface area (Å²) in [6.07, 6.45) is 0.994. The number of hydrogen-bond donors (Lipinski definition) is 2. The highest BCUT2D eigenvalue weighted by Gasteiger charge is 2.08. The zero-order valence-corrected chi connectivity index (χ0v) is 15.8. The third-order valence-corrected chi connectivity index (χ3v) is 4.88. The van der Waals surface area contributed by atoms with E-state index in [9.17, 15) is 9.18 Å². The van der Waals surface area contributed by atoms with E-state index in [0.717, 1.165) is 6.42 Å². The third-order valence-electron chi connectivity index (χ3n) is 2.90. The summed E-state index contributed by atoms with van der Waals surface area (Å²) in [6.45, 7) is 5.19. The maximum atomic E-state index is 13.1. The number of benzene rings is 1. The Labute approximate surface area is 154 Å². The Bertz CT molecular complexity index is 682. The van der Waals surface area contributed by atoms with Crippen molar-refractivity contribution in [3.8, 4) is 0 Å². The molecule has 0 aliphatic rings. The van der Waals surface area contributed by atoms with Crippen molar-refractivity contribution in [2.24, 2.45) is 0 Å². The first kappa shape index (κ1) is 19.6. The second-order valence-corrected chi connectivity index (χ2v) is 7.62. The van der Waals surface area contributed by atoms with Gasteiger partial charge in [-0.1, -0.05) is 29.2 Å². The van der Waals surface area contributed by atoms with Crippen LogP contribution >= 0.6 is 23.1 Å². The lowest BCUT2D eigenvalue weighted by Gasteiger charge is -2.07. The Morgan fingerprint density at radius 2 is 2.24 bits per heavy atom. The Hall–Kier alpha value is -1.71. The van der Waals surface area contributed by atoms with E-state index in [-0.39, 0.29) is 23.6 Å². The summed E-state index contributed by atoms with van der Waals surface area (Å²) in [5.74, 6) is -0.0939. The van der Waals surface area contributed by atoms with Crippen LogP contribution < -0.4 is 10.6 Å². The first-order valence-electron chi connectivity index (χ1n) is 7.90. The van der Waals surface area contributed by atoms with Crippen LogP contribution in [0.15, 0.2) is 28.6 Å². The van der Waals surface area contributed by atoms with Crippen LogP contribution in [-0.2, 0) is 9.53 Å². The molecule has 1 heterocycles. The number of anilines is 2. The zero-order chi connectivity index (χ0) is 18.1. The fourth-order valence-electron chi connectivity index (χ4n) is 1.81. The normalized spacial score (nSPS) is 10.9. The van der Waals surface area contributed by atoms with E-state index in [1.54, 1.807) is 12.1 Å². The van der Waals surface area contributed by atoms with Gasteiger partial charge in [0.05, 0.1) is 11.9 Å². The van der Waals surface area contributed by atoms with Gasteiger partial charge in [-0.3, -0.25) is 4.79 Å². The summed E-state index contributed by atoms with van der Waals surface area (Å²) in [6, 6.07) is 6.11. The Kier molecular flexibility index (Phi) is 8.10. The second kappa shape index (κ2) is 10.3. The first-order chi connectivity index (χ1) is 12.0. The molecule has 6 nitrogen and oxygen atoms in total. The minimum atomic E-state index is -0.320. The van der Waals surface area contributed by atoms with Crippen LogP contribution in [0.4, 0.5) is 15.2 Å². The van der Waals surface area contributed by atoms with Crippen molar-refractivity contribution in [3.63, 3.8) is 0 Å². The maximum absolute atomic E-state index is 13.1. The molecular formula is C16H21FN4O2S2. The smallest absolute Gasteiger partial charge is 0.230 e. The summed E-state index contributed by atoms with van der Waals surface area (Å²) >= 11 is 2.64. The predicted octanol–water partition coefficient (Wildman–Crippen LogP) is 3.44. The summed E-state index contributed by atoms with van der Waals surface area (Å²) < 4.78 is 19.2. The van der Waals surface area contributed by atoms with Crippen LogP contribution in [0.3, 0.4) is 0 Å². The van der Waals surface area contributed by atoms with E-state index >= 15 is 0 Å². The number of carbonyl (C=O) groups is 1. The summed E-state index contributed by atoms with van der Waals surface area (Å²) in [5.41, 5.74) is 0.606. The molecule has 1 amide bonds. The van der Waals surface area contributed by atoms with Crippen LogP contribution in [0.5, 0.6) is 0 Å². The first-order valence-corrected chi connectivity index (χ1v) is 9.70. The predicted molar refractivity (Wildman–Crippen MR) is 99.0 cm³/mol. The van der Waals surface area contributed by atoms with Crippen LogP contribution in [0.25, 0.3) is 0 Å². The molecule has 0 unspecified atom stereocenters. The number of halogens is 1. The molecule has 2 rings (SSSR count). The van der Waals surface area contributed by atoms with Crippen LogP contribution in [0, 0.1) is 5.82 Å². The lowest BCUT2D eigenvalue weighted by atomic mass is 10.3.